The fourth-order valence-electron chi connectivity index (χ4n) is 2.05. The van der Waals surface area contributed by atoms with Gasteiger partial charge in [-0.2, -0.15) is 5.10 Å². The molecule has 1 aliphatic rings. The molecule has 1 aromatic heterocycles. The SMILES string of the molecule is CC1COCCN1C(=O)NCCc1cnn(C)c1. The normalized spacial score (nSPS) is 19.9. The first-order valence-corrected chi connectivity index (χ1v) is 6.26. The van der Waals surface area contributed by atoms with Crippen LogP contribution in [0.25, 0.3) is 0 Å². The molecule has 1 aromatic rings. The number of rotatable bonds is 3. The highest BCUT2D eigenvalue weighted by Crippen LogP contribution is 2.06. The lowest BCUT2D eigenvalue weighted by Gasteiger charge is -2.33. The van der Waals surface area contributed by atoms with Crippen molar-refractivity contribution < 1.29 is 9.53 Å². The van der Waals surface area contributed by atoms with Crippen LogP contribution in [-0.4, -0.2) is 53.1 Å². The van der Waals surface area contributed by atoms with Crippen LogP contribution in [0.1, 0.15) is 12.5 Å². The average molecular weight is 252 g/mol. The van der Waals surface area contributed by atoms with Crippen LogP contribution in [0.15, 0.2) is 12.4 Å². The number of nitrogens with zero attached hydrogens (tertiary/aromatic N) is 3. The molecule has 2 heterocycles. The zero-order chi connectivity index (χ0) is 13.0. The first-order chi connectivity index (χ1) is 8.66. The van der Waals surface area contributed by atoms with Crippen molar-refractivity contribution in [2.24, 2.45) is 7.05 Å². The monoisotopic (exact) mass is 252 g/mol. The minimum Gasteiger partial charge on any atom is -0.377 e. The van der Waals surface area contributed by atoms with Crippen molar-refractivity contribution in [3.8, 4) is 0 Å². The topological polar surface area (TPSA) is 59.4 Å². The van der Waals surface area contributed by atoms with Crippen molar-refractivity contribution in [2.45, 2.75) is 19.4 Å². The summed E-state index contributed by atoms with van der Waals surface area (Å²) in [5, 5.41) is 7.03. The highest BCUT2D eigenvalue weighted by atomic mass is 16.5. The summed E-state index contributed by atoms with van der Waals surface area (Å²) in [6, 6.07) is 0.145. The lowest BCUT2D eigenvalue weighted by molar-refractivity contribution is 0.0191. The summed E-state index contributed by atoms with van der Waals surface area (Å²) in [7, 11) is 1.89. The van der Waals surface area contributed by atoms with E-state index in [9.17, 15) is 4.79 Å². The Balaban J connectivity index is 1.74. The molecule has 0 saturated carbocycles. The molecule has 1 aliphatic heterocycles. The van der Waals surface area contributed by atoms with Gasteiger partial charge in [0.2, 0.25) is 0 Å². The van der Waals surface area contributed by atoms with Gasteiger partial charge < -0.3 is 15.0 Å². The first kappa shape index (κ1) is 12.9. The Hall–Kier alpha value is -1.56. The lowest BCUT2D eigenvalue weighted by atomic mass is 10.2. The molecule has 0 radical (unpaired) electrons. The summed E-state index contributed by atoms with van der Waals surface area (Å²) in [6.07, 6.45) is 4.59. The van der Waals surface area contributed by atoms with E-state index in [4.69, 9.17) is 4.74 Å². The van der Waals surface area contributed by atoms with Crippen molar-refractivity contribution in [1.82, 2.24) is 20.0 Å². The summed E-state index contributed by atoms with van der Waals surface area (Å²) < 4.78 is 7.07. The van der Waals surface area contributed by atoms with Crippen LogP contribution >= 0.6 is 0 Å². The fraction of sp³-hybridized carbons (Fsp3) is 0.667. The van der Waals surface area contributed by atoms with E-state index in [-0.39, 0.29) is 12.1 Å². The van der Waals surface area contributed by atoms with Crippen molar-refractivity contribution >= 4 is 6.03 Å². The smallest absolute Gasteiger partial charge is 0.317 e. The number of aryl methyl sites for hydroxylation is 1. The number of urea groups is 1. The number of hydrogen-bond donors (Lipinski definition) is 1. The van der Waals surface area contributed by atoms with E-state index in [2.05, 4.69) is 10.4 Å². The van der Waals surface area contributed by atoms with Gasteiger partial charge in [0.25, 0.3) is 0 Å². The Morgan fingerprint density at radius 2 is 2.50 bits per heavy atom. The van der Waals surface area contributed by atoms with Gasteiger partial charge in [-0.3, -0.25) is 4.68 Å². The summed E-state index contributed by atoms with van der Waals surface area (Å²) in [4.78, 5) is 13.8. The van der Waals surface area contributed by atoms with Gasteiger partial charge in [0, 0.05) is 26.3 Å². The first-order valence-electron chi connectivity index (χ1n) is 6.26. The van der Waals surface area contributed by atoms with E-state index in [1.807, 2.05) is 31.3 Å². The molecule has 1 saturated heterocycles. The second-order valence-electron chi connectivity index (χ2n) is 4.62. The molecule has 18 heavy (non-hydrogen) atoms. The molecule has 0 aromatic carbocycles. The predicted molar refractivity (Wildman–Crippen MR) is 67.3 cm³/mol. The van der Waals surface area contributed by atoms with Crippen molar-refractivity contribution in [2.75, 3.05) is 26.3 Å². The van der Waals surface area contributed by atoms with E-state index < -0.39 is 0 Å². The second-order valence-corrected chi connectivity index (χ2v) is 4.62. The third-order valence-corrected chi connectivity index (χ3v) is 3.08. The van der Waals surface area contributed by atoms with Crippen LogP contribution in [0, 0.1) is 0 Å². The highest BCUT2D eigenvalue weighted by Gasteiger charge is 2.23. The van der Waals surface area contributed by atoms with Gasteiger partial charge in [-0.05, 0) is 18.9 Å². The summed E-state index contributed by atoms with van der Waals surface area (Å²) in [5.74, 6) is 0. The lowest BCUT2D eigenvalue weighted by Crippen LogP contribution is -2.51. The number of ether oxygens (including phenoxy) is 1. The largest absolute Gasteiger partial charge is 0.377 e. The predicted octanol–water partition coefficient (Wildman–Crippen LogP) is 0.393. The van der Waals surface area contributed by atoms with E-state index in [0.717, 1.165) is 12.0 Å². The third-order valence-electron chi connectivity index (χ3n) is 3.08. The van der Waals surface area contributed by atoms with Gasteiger partial charge in [-0.1, -0.05) is 0 Å². The van der Waals surface area contributed by atoms with Gasteiger partial charge in [0.05, 0.1) is 25.5 Å². The fourth-order valence-corrected chi connectivity index (χ4v) is 2.05. The second kappa shape index (κ2) is 5.86. The Morgan fingerprint density at radius 1 is 1.67 bits per heavy atom. The van der Waals surface area contributed by atoms with Gasteiger partial charge in [-0.15, -0.1) is 0 Å². The molecule has 0 spiro atoms. The zero-order valence-corrected chi connectivity index (χ0v) is 10.9. The molecule has 0 bridgehead atoms. The summed E-state index contributed by atoms with van der Waals surface area (Å²) in [6.45, 7) is 4.55. The molecule has 1 unspecified atom stereocenters. The Bertz CT molecular complexity index is 405. The van der Waals surface area contributed by atoms with Crippen molar-refractivity contribution in [3.05, 3.63) is 18.0 Å². The molecule has 6 heteroatoms. The third kappa shape index (κ3) is 3.22. The van der Waals surface area contributed by atoms with Crippen molar-refractivity contribution in [3.63, 3.8) is 0 Å². The Labute approximate surface area is 107 Å². The maximum Gasteiger partial charge on any atom is 0.317 e. The maximum absolute atomic E-state index is 11.9. The molecule has 1 fully saturated rings. The quantitative estimate of drug-likeness (QED) is 0.846. The molecule has 100 valence electrons. The maximum atomic E-state index is 11.9. The van der Waals surface area contributed by atoms with Crippen LogP contribution in [0.5, 0.6) is 0 Å². The summed E-state index contributed by atoms with van der Waals surface area (Å²) in [5.41, 5.74) is 1.13. The van der Waals surface area contributed by atoms with Crippen LogP contribution in [0.3, 0.4) is 0 Å². The number of amides is 2. The molecule has 1 atom stereocenters. The molecule has 0 aliphatic carbocycles. The molecule has 2 rings (SSSR count). The number of carbonyl (C=O) groups excluding carboxylic acids is 1. The standard InChI is InChI=1S/C12H20N4O2/c1-10-9-18-6-5-16(10)12(17)13-4-3-11-7-14-15(2)8-11/h7-8,10H,3-6,9H2,1-2H3,(H,13,17). The van der Waals surface area contributed by atoms with E-state index in [1.54, 1.807) is 4.68 Å². The van der Waals surface area contributed by atoms with Gasteiger partial charge in [0.1, 0.15) is 0 Å². The molecular weight excluding hydrogens is 232 g/mol. The highest BCUT2D eigenvalue weighted by molar-refractivity contribution is 5.74. The van der Waals surface area contributed by atoms with Crippen LogP contribution in [0.2, 0.25) is 0 Å². The van der Waals surface area contributed by atoms with Crippen molar-refractivity contribution in [1.29, 1.82) is 0 Å². The molecule has 6 nitrogen and oxygen atoms in total. The molecule has 2 amide bonds. The van der Waals surface area contributed by atoms with E-state index in [1.165, 1.54) is 0 Å². The zero-order valence-electron chi connectivity index (χ0n) is 10.9. The van der Waals surface area contributed by atoms with Gasteiger partial charge in [-0.25, -0.2) is 4.79 Å². The van der Waals surface area contributed by atoms with Gasteiger partial charge >= 0.3 is 6.03 Å². The van der Waals surface area contributed by atoms with E-state index in [0.29, 0.717) is 26.3 Å². The number of aromatic nitrogens is 2. The molecule has 1 N–H and O–H groups in total. The summed E-state index contributed by atoms with van der Waals surface area (Å²) >= 11 is 0. The van der Waals surface area contributed by atoms with Crippen LogP contribution in [0.4, 0.5) is 4.79 Å². The van der Waals surface area contributed by atoms with Gasteiger partial charge in [0.15, 0.2) is 0 Å². The number of morpholine rings is 1. The van der Waals surface area contributed by atoms with Crippen LogP contribution in [-0.2, 0) is 18.2 Å². The minimum absolute atomic E-state index is 0.00492. The number of hydrogen-bond acceptors (Lipinski definition) is 3. The average Bonchev–Trinajstić information content (AvgIpc) is 2.75. The van der Waals surface area contributed by atoms with Crippen LogP contribution < -0.4 is 5.32 Å². The Morgan fingerprint density at radius 3 is 3.17 bits per heavy atom. The van der Waals surface area contributed by atoms with E-state index >= 15 is 0 Å². The minimum atomic E-state index is -0.00492. The number of carbonyl (C=O) groups is 1. The Kier molecular flexibility index (Phi) is 4.19. The molecular formula is C12H20N4O2. The number of nitrogens with one attached hydrogen (secondary N) is 1.